The summed E-state index contributed by atoms with van der Waals surface area (Å²) in [6.07, 6.45) is 10.9. The normalized spacial score (nSPS) is 28.5. The van der Waals surface area contributed by atoms with E-state index in [0.29, 0.717) is 5.92 Å². The topological polar surface area (TPSA) is 23.8 Å². The van der Waals surface area contributed by atoms with Crippen LogP contribution in [-0.2, 0) is 0 Å². The van der Waals surface area contributed by atoms with Gasteiger partial charge in [0.25, 0.3) is 0 Å². The first kappa shape index (κ1) is 17.5. The molecule has 0 amide bonds. The molecule has 0 bridgehead atoms. The van der Waals surface area contributed by atoms with Crippen molar-refractivity contribution in [3.05, 3.63) is 47.3 Å². The molecule has 0 radical (unpaired) electrons. The smallest absolute Gasteiger partial charge is 0.141 e. The van der Waals surface area contributed by atoms with Crippen LogP contribution in [-0.4, -0.2) is 0 Å². The quantitative estimate of drug-likeness (QED) is 0.588. The molecular formula is C24H28FN. The summed E-state index contributed by atoms with van der Waals surface area (Å²) >= 11 is 0. The van der Waals surface area contributed by atoms with Gasteiger partial charge in [0.15, 0.2) is 0 Å². The van der Waals surface area contributed by atoms with E-state index in [0.717, 1.165) is 28.5 Å². The second-order valence-electron chi connectivity index (χ2n) is 8.55. The third-order valence-corrected chi connectivity index (χ3v) is 6.96. The molecular weight excluding hydrogens is 321 g/mol. The number of hydrogen-bond donors (Lipinski definition) is 0. The van der Waals surface area contributed by atoms with Crippen molar-refractivity contribution in [3.63, 3.8) is 0 Å². The molecule has 2 aromatic carbocycles. The molecule has 0 spiro atoms. The second kappa shape index (κ2) is 7.39. The van der Waals surface area contributed by atoms with Gasteiger partial charge in [-0.3, -0.25) is 0 Å². The molecule has 2 aliphatic carbocycles. The summed E-state index contributed by atoms with van der Waals surface area (Å²) in [6, 6.07) is 11.6. The van der Waals surface area contributed by atoms with Gasteiger partial charge in [-0.15, -0.1) is 0 Å². The van der Waals surface area contributed by atoms with Crippen LogP contribution in [0.15, 0.2) is 30.3 Å². The Morgan fingerprint density at radius 2 is 1.81 bits per heavy atom. The Labute approximate surface area is 156 Å². The van der Waals surface area contributed by atoms with E-state index < -0.39 is 5.82 Å². The fraction of sp³-hybridized carbons (Fsp3) is 0.542. The molecule has 1 nitrogen and oxygen atoms in total. The van der Waals surface area contributed by atoms with Crippen molar-refractivity contribution in [2.45, 2.75) is 64.2 Å². The van der Waals surface area contributed by atoms with Gasteiger partial charge in [-0.2, -0.15) is 5.26 Å². The largest absolute Gasteiger partial charge is 0.206 e. The summed E-state index contributed by atoms with van der Waals surface area (Å²) in [4.78, 5) is 0. The Morgan fingerprint density at radius 1 is 1.00 bits per heavy atom. The van der Waals surface area contributed by atoms with E-state index in [1.54, 1.807) is 6.07 Å². The minimum absolute atomic E-state index is 0.134. The van der Waals surface area contributed by atoms with Crippen LogP contribution in [0.25, 0.3) is 10.8 Å². The highest BCUT2D eigenvalue weighted by Crippen LogP contribution is 2.48. The molecule has 0 aromatic heterocycles. The van der Waals surface area contributed by atoms with E-state index in [1.165, 1.54) is 63.0 Å². The van der Waals surface area contributed by atoms with Crippen molar-refractivity contribution in [2.75, 3.05) is 0 Å². The first-order valence-corrected chi connectivity index (χ1v) is 10.3. The molecule has 26 heavy (non-hydrogen) atoms. The lowest BCUT2D eigenvalue weighted by Gasteiger charge is -2.42. The molecule has 4 rings (SSSR count). The lowest BCUT2D eigenvalue weighted by atomic mass is 9.63. The average molecular weight is 349 g/mol. The van der Waals surface area contributed by atoms with Gasteiger partial charge in [-0.1, -0.05) is 44.4 Å². The molecule has 2 aromatic rings. The molecule has 0 heterocycles. The van der Waals surface area contributed by atoms with E-state index >= 15 is 0 Å². The maximum absolute atomic E-state index is 14.0. The summed E-state index contributed by atoms with van der Waals surface area (Å²) in [5.74, 6) is 3.00. The van der Waals surface area contributed by atoms with Gasteiger partial charge in [-0.05, 0) is 84.2 Å². The van der Waals surface area contributed by atoms with E-state index in [1.807, 2.05) is 6.07 Å². The van der Waals surface area contributed by atoms with Crippen molar-refractivity contribution < 1.29 is 4.39 Å². The summed E-state index contributed by atoms with van der Waals surface area (Å²) in [7, 11) is 0. The number of halogens is 1. The van der Waals surface area contributed by atoms with E-state index in [4.69, 9.17) is 5.26 Å². The number of fused-ring (bicyclic) bond motifs is 2. The van der Waals surface area contributed by atoms with Gasteiger partial charge in [0, 0.05) is 0 Å². The van der Waals surface area contributed by atoms with E-state index in [-0.39, 0.29) is 5.56 Å². The molecule has 2 aliphatic rings. The maximum Gasteiger partial charge on any atom is 0.141 e. The molecule has 2 heteroatoms. The molecule has 0 aliphatic heterocycles. The molecule has 4 atom stereocenters. The lowest BCUT2D eigenvalue weighted by molar-refractivity contribution is 0.114. The van der Waals surface area contributed by atoms with E-state index in [9.17, 15) is 4.39 Å². The zero-order valence-electron chi connectivity index (χ0n) is 15.7. The van der Waals surface area contributed by atoms with Crippen LogP contribution in [0.3, 0.4) is 0 Å². The Morgan fingerprint density at radius 3 is 2.62 bits per heavy atom. The number of benzene rings is 2. The van der Waals surface area contributed by atoms with Gasteiger partial charge >= 0.3 is 0 Å². The van der Waals surface area contributed by atoms with Gasteiger partial charge < -0.3 is 0 Å². The van der Waals surface area contributed by atoms with Crippen LogP contribution in [0, 0.1) is 34.9 Å². The number of hydrogen-bond acceptors (Lipinski definition) is 1. The Kier molecular flexibility index (Phi) is 4.98. The maximum atomic E-state index is 14.0. The SMILES string of the molecule is CCCC1CCC2CC(c3ccc4cc(C#N)c(F)cc4c3)CCC2C1. The minimum atomic E-state index is -0.407. The number of nitrogens with zero attached hydrogens (tertiary/aromatic N) is 1. The summed E-state index contributed by atoms with van der Waals surface area (Å²) in [6.45, 7) is 2.31. The highest BCUT2D eigenvalue weighted by Gasteiger charge is 2.35. The zero-order chi connectivity index (χ0) is 18.1. The van der Waals surface area contributed by atoms with Gasteiger partial charge in [0.1, 0.15) is 11.9 Å². The molecule has 2 fully saturated rings. The monoisotopic (exact) mass is 349 g/mol. The fourth-order valence-corrected chi connectivity index (χ4v) is 5.59. The van der Waals surface area contributed by atoms with Crippen molar-refractivity contribution >= 4 is 10.8 Å². The highest BCUT2D eigenvalue weighted by atomic mass is 19.1. The third kappa shape index (κ3) is 3.37. The average Bonchev–Trinajstić information content (AvgIpc) is 2.67. The van der Waals surface area contributed by atoms with Crippen LogP contribution >= 0.6 is 0 Å². The first-order valence-electron chi connectivity index (χ1n) is 10.3. The lowest BCUT2D eigenvalue weighted by Crippen LogP contribution is -2.30. The molecule has 136 valence electrons. The molecule has 0 saturated heterocycles. The molecule has 0 N–H and O–H groups in total. The van der Waals surface area contributed by atoms with Crippen LogP contribution in [0.4, 0.5) is 4.39 Å². The Hall–Kier alpha value is -1.88. The predicted molar refractivity (Wildman–Crippen MR) is 104 cm³/mol. The van der Waals surface area contributed by atoms with Gasteiger partial charge in [0.2, 0.25) is 0 Å². The third-order valence-electron chi connectivity index (χ3n) is 6.96. The van der Waals surface area contributed by atoms with Crippen molar-refractivity contribution in [2.24, 2.45) is 17.8 Å². The van der Waals surface area contributed by atoms with E-state index in [2.05, 4.69) is 25.1 Å². The Balaban J connectivity index is 1.51. The summed E-state index contributed by atoms with van der Waals surface area (Å²) in [5.41, 5.74) is 1.49. The van der Waals surface area contributed by atoms with Gasteiger partial charge in [-0.25, -0.2) is 4.39 Å². The number of nitriles is 1. The van der Waals surface area contributed by atoms with Crippen molar-refractivity contribution in [1.29, 1.82) is 5.26 Å². The zero-order valence-corrected chi connectivity index (χ0v) is 15.7. The molecule has 4 unspecified atom stereocenters. The molecule has 2 saturated carbocycles. The van der Waals surface area contributed by atoms with Crippen molar-refractivity contribution in [1.82, 2.24) is 0 Å². The second-order valence-corrected chi connectivity index (χ2v) is 8.55. The van der Waals surface area contributed by atoms with Crippen LogP contribution < -0.4 is 0 Å². The van der Waals surface area contributed by atoms with Crippen LogP contribution in [0.1, 0.15) is 75.3 Å². The summed E-state index contributed by atoms with van der Waals surface area (Å²) < 4.78 is 14.0. The van der Waals surface area contributed by atoms with Crippen LogP contribution in [0.5, 0.6) is 0 Å². The van der Waals surface area contributed by atoms with Crippen molar-refractivity contribution in [3.8, 4) is 6.07 Å². The van der Waals surface area contributed by atoms with Crippen LogP contribution in [0.2, 0.25) is 0 Å². The Bertz CT molecular complexity index is 834. The highest BCUT2D eigenvalue weighted by molar-refractivity contribution is 5.84. The fourth-order valence-electron chi connectivity index (χ4n) is 5.59. The van der Waals surface area contributed by atoms with Gasteiger partial charge in [0.05, 0.1) is 5.56 Å². The predicted octanol–water partition coefficient (Wildman–Crippen LogP) is 6.95. The minimum Gasteiger partial charge on any atom is -0.206 e. The standard InChI is InChI=1S/C24H28FN/c1-2-3-16-4-5-18-11-19(7-6-17(18)10-16)20-8-9-21-13-23(15-26)24(25)14-22(21)12-20/h8-9,12-14,16-19H,2-7,10-11H2,1H3. The first-order chi connectivity index (χ1) is 12.7. The number of rotatable bonds is 3. The summed E-state index contributed by atoms with van der Waals surface area (Å²) in [5, 5.41) is 10.9.